The molecule has 2 nitrogen and oxygen atoms in total. The standard InChI is InChI=1S/C11H19NO/c1-4-5-8-12-9-6-7-11(13)10(2)3/h4,6-7,10,12H,1,5,8-9H2,2-3H3/b7-6+. The number of ketones is 1. The molecule has 0 radical (unpaired) electrons. The van der Waals surface area contributed by atoms with Crippen molar-refractivity contribution in [3.8, 4) is 0 Å². The Hall–Kier alpha value is -0.890. The average Bonchev–Trinajstić information content (AvgIpc) is 2.10. The topological polar surface area (TPSA) is 29.1 Å². The fourth-order valence-corrected chi connectivity index (χ4v) is 0.757. The first-order valence-electron chi connectivity index (χ1n) is 4.70. The molecular formula is C11H19NO. The van der Waals surface area contributed by atoms with Crippen LogP contribution in [0.1, 0.15) is 20.3 Å². The van der Waals surface area contributed by atoms with E-state index in [1.807, 2.05) is 26.0 Å². The Morgan fingerprint density at radius 2 is 2.23 bits per heavy atom. The molecule has 0 atom stereocenters. The van der Waals surface area contributed by atoms with Gasteiger partial charge in [0.1, 0.15) is 0 Å². The van der Waals surface area contributed by atoms with Gasteiger partial charge in [-0.2, -0.15) is 0 Å². The van der Waals surface area contributed by atoms with E-state index in [0.29, 0.717) is 0 Å². The predicted molar refractivity (Wildman–Crippen MR) is 56.7 cm³/mol. The summed E-state index contributed by atoms with van der Waals surface area (Å²) in [5.74, 6) is 0.287. The molecule has 0 unspecified atom stereocenters. The second-order valence-corrected chi connectivity index (χ2v) is 3.24. The normalized spacial score (nSPS) is 11.0. The van der Waals surface area contributed by atoms with Crippen LogP contribution >= 0.6 is 0 Å². The van der Waals surface area contributed by atoms with Gasteiger partial charge >= 0.3 is 0 Å². The lowest BCUT2D eigenvalue weighted by Crippen LogP contribution is -2.14. The third-order valence-corrected chi connectivity index (χ3v) is 1.64. The Balaban J connectivity index is 3.41. The van der Waals surface area contributed by atoms with E-state index in [4.69, 9.17) is 0 Å². The molecule has 0 amide bonds. The molecule has 0 spiro atoms. The first-order valence-corrected chi connectivity index (χ1v) is 4.70. The highest BCUT2D eigenvalue weighted by Crippen LogP contribution is 1.94. The van der Waals surface area contributed by atoms with Crippen LogP contribution in [0.2, 0.25) is 0 Å². The summed E-state index contributed by atoms with van der Waals surface area (Å²) in [5, 5.41) is 3.17. The zero-order valence-corrected chi connectivity index (χ0v) is 8.55. The van der Waals surface area contributed by atoms with Gasteiger partial charge in [0.25, 0.3) is 0 Å². The summed E-state index contributed by atoms with van der Waals surface area (Å²) in [4.78, 5) is 11.1. The highest BCUT2D eigenvalue weighted by Gasteiger charge is 2.00. The lowest BCUT2D eigenvalue weighted by molar-refractivity contribution is -0.117. The third-order valence-electron chi connectivity index (χ3n) is 1.64. The summed E-state index contributed by atoms with van der Waals surface area (Å²) in [6.07, 6.45) is 6.35. The lowest BCUT2D eigenvalue weighted by Gasteiger charge is -1.98. The van der Waals surface area contributed by atoms with Crippen LogP contribution in [0.15, 0.2) is 24.8 Å². The summed E-state index contributed by atoms with van der Waals surface area (Å²) >= 11 is 0. The minimum atomic E-state index is 0.101. The van der Waals surface area contributed by atoms with Crippen LogP contribution in [0, 0.1) is 5.92 Å². The summed E-state index contributed by atoms with van der Waals surface area (Å²) in [6.45, 7) is 9.10. The zero-order valence-electron chi connectivity index (χ0n) is 8.55. The van der Waals surface area contributed by atoms with Gasteiger partial charge in [-0.1, -0.05) is 26.0 Å². The van der Waals surface area contributed by atoms with Crippen LogP contribution in [-0.2, 0) is 4.79 Å². The molecule has 0 saturated heterocycles. The van der Waals surface area contributed by atoms with Gasteiger partial charge in [0.15, 0.2) is 5.78 Å². The van der Waals surface area contributed by atoms with E-state index in [1.54, 1.807) is 6.08 Å². The van der Waals surface area contributed by atoms with Crippen LogP contribution in [0.25, 0.3) is 0 Å². The molecule has 0 rings (SSSR count). The molecule has 0 aliphatic carbocycles. The minimum Gasteiger partial charge on any atom is -0.313 e. The van der Waals surface area contributed by atoms with Crippen LogP contribution in [0.5, 0.6) is 0 Å². The molecule has 13 heavy (non-hydrogen) atoms. The maximum absolute atomic E-state index is 11.1. The molecule has 0 heterocycles. The minimum absolute atomic E-state index is 0.101. The van der Waals surface area contributed by atoms with Gasteiger partial charge in [-0.25, -0.2) is 0 Å². The van der Waals surface area contributed by atoms with Crippen molar-refractivity contribution in [2.24, 2.45) is 5.92 Å². The number of rotatable bonds is 7. The second-order valence-electron chi connectivity index (χ2n) is 3.24. The fraction of sp³-hybridized carbons (Fsp3) is 0.545. The number of carbonyl (C=O) groups excluding carboxylic acids is 1. The number of allylic oxidation sites excluding steroid dienone is 1. The van der Waals surface area contributed by atoms with Crippen molar-refractivity contribution >= 4 is 5.78 Å². The van der Waals surface area contributed by atoms with Crippen LogP contribution in [0.4, 0.5) is 0 Å². The molecule has 0 aromatic rings. The van der Waals surface area contributed by atoms with E-state index < -0.39 is 0 Å². The highest BCUT2D eigenvalue weighted by molar-refractivity contribution is 5.91. The maximum atomic E-state index is 11.1. The first-order chi connectivity index (χ1) is 6.18. The second kappa shape index (κ2) is 7.74. The molecule has 0 aromatic heterocycles. The van der Waals surface area contributed by atoms with Crippen molar-refractivity contribution in [1.29, 1.82) is 0 Å². The van der Waals surface area contributed by atoms with Crippen molar-refractivity contribution in [3.63, 3.8) is 0 Å². The largest absolute Gasteiger partial charge is 0.313 e. The molecule has 74 valence electrons. The molecule has 0 saturated carbocycles. The van der Waals surface area contributed by atoms with Crippen molar-refractivity contribution in [3.05, 3.63) is 24.8 Å². The summed E-state index contributed by atoms with van der Waals surface area (Å²) < 4.78 is 0. The van der Waals surface area contributed by atoms with E-state index in [1.165, 1.54) is 0 Å². The van der Waals surface area contributed by atoms with Crippen LogP contribution < -0.4 is 5.32 Å². The molecular weight excluding hydrogens is 162 g/mol. The van der Waals surface area contributed by atoms with Gasteiger partial charge in [0.05, 0.1) is 0 Å². The van der Waals surface area contributed by atoms with Gasteiger partial charge in [0.2, 0.25) is 0 Å². The van der Waals surface area contributed by atoms with Crippen molar-refractivity contribution in [2.45, 2.75) is 20.3 Å². The summed E-state index contributed by atoms with van der Waals surface area (Å²) in [7, 11) is 0. The van der Waals surface area contributed by atoms with Gasteiger partial charge in [0, 0.05) is 12.5 Å². The van der Waals surface area contributed by atoms with Crippen molar-refractivity contribution in [2.75, 3.05) is 13.1 Å². The molecule has 0 aliphatic heterocycles. The summed E-state index contributed by atoms with van der Waals surface area (Å²) in [5.41, 5.74) is 0. The molecule has 0 fully saturated rings. The Morgan fingerprint density at radius 1 is 1.54 bits per heavy atom. The summed E-state index contributed by atoms with van der Waals surface area (Å²) in [6, 6.07) is 0. The number of carbonyl (C=O) groups is 1. The van der Waals surface area contributed by atoms with Gasteiger partial charge in [-0.15, -0.1) is 6.58 Å². The fourth-order valence-electron chi connectivity index (χ4n) is 0.757. The Kier molecular flexibility index (Phi) is 7.21. The Morgan fingerprint density at radius 3 is 2.77 bits per heavy atom. The smallest absolute Gasteiger partial charge is 0.157 e. The van der Waals surface area contributed by atoms with Gasteiger partial charge in [-0.05, 0) is 19.0 Å². The zero-order chi connectivity index (χ0) is 10.1. The maximum Gasteiger partial charge on any atom is 0.157 e. The molecule has 0 aromatic carbocycles. The van der Waals surface area contributed by atoms with E-state index in [2.05, 4.69) is 11.9 Å². The third kappa shape index (κ3) is 7.47. The van der Waals surface area contributed by atoms with E-state index >= 15 is 0 Å². The average molecular weight is 181 g/mol. The quantitative estimate of drug-likeness (QED) is 0.369. The Bertz CT molecular complexity index is 183. The molecule has 0 bridgehead atoms. The monoisotopic (exact) mass is 181 g/mol. The lowest BCUT2D eigenvalue weighted by atomic mass is 10.1. The number of nitrogens with one attached hydrogen (secondary N) is 1. The molecule has 2 heteroatoms. The van der Waals surface area contributed by atoms with E-state index in [0.717, 1.165) is 19.5 Å². The number of hydrogen-bond acceptors (Lipinski definition) is 2. The SMILES string of the molecule is C=CCCNC/C=C/C(=O)C(C)C. The van der Waals surface area contributed by atoms with E-state index in [9.17, 15) is 4.79 Å². The highest BCUT2D eigenvalue weighted by atomic mass is 16.1. The van der Waals surface area contributed by atoms with Crippen LogP contribution in [-0.4, -0.2) is 18.9 Å². The Labute approximate surface area is 80.7 Å². The van der Waals surface area contributed by atoms with Gasteiger partial charge < -0.3 is 5.32 Å². The van der Waals surface area contributed by atoms with Crippen LogP contribution in [0.3, 0.4) is 0 Å². The molecule has 1 N–H and O–H groups in total. The predicted octanol–water partition coefficient (Wildman–Crippen LogP) is 1.93. The van der Waals surface area contributed by atoms with Crippen molar-refractivity contribution < 1.29 is 4.79 Å². The first kappa shape index (κ1) is 12.1. The van der Waals surface area contributed by atoms with Crippen molar-refractivity contribution in [1.82, 2.24) is 5.32 Å². The number of hydrogen-bond donors (Lipinski definition) is 1. The van der Waals surface area contributed by atoms with Gasteiger partial charge in [-0.3, -0.25) is 4.79 Å². The van der Waals surface area contributed by atoms with E-state index in [-0.39, 0.29) is 11.7 Å². The molecule has 0 aliphatic rings.